The van der Waals surface area contributed by atoms with Crippen LogP contribution in [0, 0.1) is 0 Å². The summed E-state index contributed by atoms with van der Waals surface area (Å²) in [5.74, 6) is 0. The van der Waals surface area contributed by atoms with Crippen LogP contribution in [0.2, 0.25) is 0 Å². The molecule has 76 valence electrons. The Morgan fingerprint density at radius 3 is 2.79 bits per heavy atom. The molecule has 0 spiro atoms. The lowest BCUT2D eigenvalue weighted by atomic mass is 9.91. The summed E-state index contributed by atoms with van der Waals surface area (Å²) >= 11 is 0. The predicted octanol–water partition coefficient (Wildman–Crippen LogP) is 0.597. The zero-order valence-corrected chi connectivity index (χ0v) is 7.72. The fourth-order valence-electron chi connectivity index (χ4n) is 2.04. The van der Waals surface area contributed by atoms with Crippen LogP contribution in [-0.2, 0) is 18.9 Å². The van der Waals surface area contributed by atoms with E-state index in [2.05, 4.69) is 0 Å². The van der Waals surface area contributed by atoms with E-state index in [0.717, 1.165) is 0 Å². The van der Waals surface area contributed by atoms with Gasteiger partial charge in [-0.15, -0.1) is 0 Å². The molecule has 2 saturated heterocycles. The van der Waals surface area contributed by atoms with Gasteiger partial charge in [0.2, 0.25) is 0 Å². The first-order valence-electron chi connectivity index (χ1n) is 4.77. The summed E-state index contributed by atoms with van der Waals surface area (Å²) in [5, 5.41) is 0. The van der Waals surface area contributed by atoms with E-state index < -0.39 is 5.60 Å². The van der Waals surface area contributed by atoms with Gasteiger partial charge in [0.25, 0.3) is 0 Å². The molecule has 0 aromatic carbocycles. The molecule has 0 saturated carbocycles. The van der Waals surface area contributed by atoms with Gasteiger partial charge in [-0.2, -0.15) is 0 Å². The second-order valence-electron chi connectivity index (χ2n) is 3.52. The maximum atomic E-state index is 5.62. The largest absolute Gasteiger partial charge is 0.347 e. The molecule has 2 heterocycles. The maximum Gasteiger partial charge on any atom is 0.193 e. The van der Waals surface area contributed by atoms with Gasteiger partial charge in [0, 0.05) is 0 Å². The summed E-state index contributed by atoms with van der Waals surface area (Å²) in [5.41, 5.74) is -0.564. The van der Waals surface area contributed by atoms with Gasteiger partial charge in [-0.05, 0) is 6.08 Å². The molecule has 2 unspecified atom stereocenters. The van der Waals surface area contributed by atoms with E-state index in [4.69, 9.17) is 18.9 Å². The van der Waals surface area contributed by atoms with Gasteiger partial charge in [0.1, 0.15) is 12.9 Å². The molecule has 14 heavy (non-hydrogen) atoms. The summed E-state index contributed by atoms with van der Waals surface area (Å²) in [6.07, 6.45) is 7.40. The topological polar surface area (TPSA) is 36.9 Å². The van der Waals surface area contributed by atoms with E-state index in [9.17, 15) is 0 Å². The van der Waals surface area contributed by atoms with Gasteiger partial charge in [0.15, 0.2) is 11.9 Å². The minimum atomic E-state index is -0.564. The first-order valence-corrected chi connectivity index (χ1v) is 4.77. The van der Waals surface area contributed by atoms with Crippen molar-refractivity contribution in [3.05, 3.63) is 24.3 Å². The lowest BCUT2D eigenvalue weighted by molar-refractivity contribution is -0.165. The van der Waals surface area contributed by atoms with Crippen LogP contribution in [0.5, 0.6) is 0 Å². The molecule has 0 radical (unpaired) electrons. The molecule has 1 aliphatic carbocycles. The second-order valence-corrected chi connectivity index (χ2v) is 3.52. The molecule has 4 nitrogen and oxygen atoms in total. The molecule has 3 rings (SSSR count). The Hall–Kier alpha value is -0.680. The molecular formula is C10H12O4. The van der Waals surface area contributed by atoms with Gasteiger partial charge in [-0.3, -0.25) is 0 Å². The Bertz CT molecular complexity index is 280. The van der Waals surface area contributed by atoms with E-state index in [1.165, 1.54) is 0 Å². The van der Waals surface area contributed by atoms with Gasteiger partial charge < -0.3 is 18.9 Å². The molecule has 0 amide bonds. The highest BCUT2D eigenvalue weighted by Gasteiger charge is 2.52. The monoisotopic (exact) mass is 196 g/mol. The van der Waals surface area contributed by atoms with Crippen molar-refractivity contribution in [2.45, 2.75) is 18.0 Å². The summed E-state index contributed by atoms with van der Waals surface area (Å²) in [6.45, 7) is 1.54. The molecule has 2 fully saturated rings. The van der Waals surface area contributed by atoms with Crippen LogP contribution in [0.25, 0.3) is 0 Å². The summed E-state index contributed by atoms with van der Waals surface area (Å²) < 4.78 is 22.0. The average Bonchev–Trinajstić information content (AvgIpc) is 2.87. The summed E-state index contributed by atoms with van der Waals surface area (Å²) in [6, 6.07) is 0. The Kier molecular flexibility index (Phi) is 1.95. The SMILES string of the molecule is C1=CC2OCOC2(C2OCCO2)C=C1. The van der Waals surface area contributed by atoms with Crippen molar-refractivity contribution >= 4 is 0 Å². The lowest BCUT2D eigenvalue weighted by Crippen LogP contribution is -2.49. The number of rotatable bonds is 1. The number of hydrogen-bond donors (Lipinski definition) is 0. The predicted molar refractivity (Wildman–Crippen MR) is 47.5 cm³/mol. The first kappa shape index (κ1) is 8.61. The molecule has 2 atom stereocenters. The standard InChI is InChI=1S/C10H12O4/c1-2-4-10(9-11-5-6-12-9)8(3-1)13-7-14-10/h1-4,8-9H,5-7H2. The van der Waals surface area contributed by atoms with E-state index >= 15 is 0 Å². The zero-order chi connectivity index (χ0) is 9.43. The molecule has 0 aromatic heterocycles. The minimum Gasteiger partial charge on any atom is -0.347 e. The van der Waals surface area contributed by atoms with Crippen molar-refractivity contribution in [2.75, 3.05) is 20.0 Å². The molecule has 3 aliphatic rings. The number of fused-ring (bicyclic) bond motifs is 1. The normalized spacial score (nSPS) is 41.9. The number of hydrogen-bond acceptors (Lipinski definition) is 4. The van der Waals surface area contributed by atoms with Crippen molar-refractivity contribution in [3.8, 4) is 0 Å². The van der Waals surface area contributed by atoms with Crippen LogP contribution in [-0.4, -0.2) is 38.0 Å². The van der Waals surface area contributed by atoms with Crippen molar-refractivity contribution in [1.29, 1.82) is 0 Å². The third kappa shape index (κ3) is 1.09. The Labute approximate surface area is 82.1 Å². The van der Waals surface area contributed by atoms with E-state index in [-0.39, 0.29) is 12.4 Å². The van der Waals surface area contributed by atoms with Gasteiger partial charge in [-0.25, -0.2) is 0 Å². The van der Waals surface area contributed by atoms with Crippen molar-refractivity contribution in [2.24, 2.45) is 0 Å². The molecule has 0 N–H and O–H groups in total. The molecule has 0 aromatic rings. The van der Waals surface area contributed by atoms with E-state index in [1.807, 2.05) is 24.3 Å². The fourth-order valence-corrected chi connectivity index (χ4v) is 2.04. The highest BCUT2D eigenvalue weighted by Crippen LogP contribution is 2.37. The van der Waals surface area contributed by atoms with E-state index in [1.54, 1.807) is 0 Å². The van der Waals surface area contributed by atoms with Crippen LogP contribution in [0.1, 0.15) is 0 Å². The van der Waals surface area contributed by atoms with Crippen LogP contribution in [0.3, 0.4) is 0 Å². The Morgan fingerprint density at radius 2 is 1.93 bits per heavy atom. The highest BCUT2D eigenvalue weighted by atomic mass is 16.8. The third-order valence-electron chi connectivity index (χ3n) is 2.75. The quantitative estimate of drug-likeness (QED) is 0.615. The molecule has 2 aliphatic heterocycles. The van der Waals surface area contributed by atoms with Crippen LogP contribution in [0.4, 0.5) is 0 Å². The minimum absolute atomic E-state index is 0.0874. The van der Waals surface area contributed by atoms with Gasteiger partial charge in [0.05, 0.1) is 13.2 Å². The highest BCUT2D eigenvalue weighted by molar-refractivity contribution is 5.26. The lowest BCUT2D eigenvalue weighted by Gasteiger charge is -2.33. The Morgan fingerprint density at radius 1 is 1.07 bits per heavy atom. The molecule has 4 heteroatoms. The van der Waals surface area contributed by atoms with Gasteiger partial charge >= 0.3 is 0 Å². The van der Waals surface area contributed by atoms with Crippen LogP contribution in [0.15, 0.2) is 24.3 Å². The second kappa shape index (κ2) is 3.17. The number of allylic oxidation sites excluding steroid dienone is 2. The van der Waals surface area contributed by atoms with Crippen LogP contribution >= 0.6 is 0 Å². The summed E-state index contributed by atoms with van der Waals surface area (Å²) in [7, 11) is 0. The zero-order valence-electron chi connectivity index (χ0n) is 7.72. The smallest absolute Gasteiger partial charge is 0.193 e. The molecular weight excluding hydrogens is 184 g/mol. The Balaban J connectivity index is 1.91. The van der Waals surface area contributed by atoms with Crippen LogP contribution < -0.4 is 0 Å². The summed E-state index contributed by atoms with van der Waals surface area (Å²) in [4.78, 5) is 0. The average molecular weight is 196 g/mol. The van der Waals surface area contributed by atoms with Crippen molar-refractivity contribution in [1.82, 2.24) is 0 Å². The molecule has 0 bridgehead atoms. The maximum absolute atomic E-state index is 5.62. The van der Waals surface area contributed by atoms with E-state index in [0.29, 0.717) is 20.0 Å². The first-order chi connectivity index (χ1) is 6.92. The van der Waals surface area contributed by atoms with Gasteiger partial charge in [-0.1, -0.05) is 18.2 Å². The third-order valence-corrected chi connectivity index (χ3v) is 2.75. The van der Waals surface area contributed by atoms with Crippen molar-refractivity contribution < 1.29 is 18.9 Å². The number of ether oxygens (including phenoxy) is 4. The van der Waals surface area contributed by atoms with Crippen molar-refractivity contribution in [3.63, 3.8) is 0 Å². The fraction of sp³-hybridized carbons (Fsp3) is 0.600.